The Bertz CT molecular complexity index is 1420. The van der Waals surface area contributed by atoms with Crippen LogP contribution in [0.1, 0.15) is 27.0 Å². The van der Waals surface area contributed by atoms with Gasteiger partial charge in [-0.25, -0.2) is 9.59 Å². The Morgan fingerprint density at radius 3 is 2.51 bits per heavy atom. The lowest BCUT2D eigenvalue weighted by Crippen LogP contribution is -2.29. The van der Waals surface area contributed by atoms with Crippen LogP contribution in [0.4, 0.5) is 0 Å². The molecule has 0 fully saturated rings. The molecule has 0 atom stereocenters. The van der Waals surface area contributed by atoms with Crippen molar-refractivity contribution in [3.63, 3.8) is 0 Å². The van der Waals surface area contributed by atoms with Crippen molar-refractivity contribution in [3.05, 3.63) is 105 Å². The molecule has 3 aromatic carbocycles. The van der Waals surface area contributed by atoms with Crippen molar-refractivity contribution in [3.8, 4) is 11.5 Å². The number of fused-ring (bicyclic) bond motifs is 1. The summed E-state index contributed by atoms with van der Waals surface area (Å²) in [5, 5.41) is 3.27. The molecule has 0 unspecified atom stereocenters. The second-order valence-corrected chi connectivity index (χ2v) is 8.17. The number of hydrogen-bond donors (Lipinski definition) is 1. The number of aryl methyl sites for hydroxylation is 2. The lowest BCUT2D eigenvalue weighted by molar-refractivity contribution is -0.136. The molecule has 0 spiro atoms. The summed E-state index contributed by atoms with van der Waals surface area (Å²) in [7, 11) is 0. The minimum Gasteiger partial charge on any atom is -0.482 e. The van der Waals surface area contributed by atoms with Crippen LogP contribution in [0.5, 0.6) is 11.5 Å². The van der Waals surface area contributed by atoms with Crippen molar-refractivity contribution in [2.75, 3.05) is 13.2 Å². The second-order valence-electron chi connectivity index (χ2n) is 8.17. The fourth-order valence-corrected chi connectivity index (χ4v) is 3.63. The van der Waals surface area contributed by atoms with E-state index in [0.29, 0.717) is 24.1 Å². The van der Waals surface area contributed by atoms with Gasteiger partial charge in [-0.2, -0.15) is 0 Å². The van der Waals surface area contributed by atoms with Crippen molar-refractivity contribution < 1.29 is 23.5 Å². The molecule has 4 aromatic rings. The fraction of sp³-hybridized carbons (Fsp3) is 0.179. The van der Waals surface area contributed by atoms with Crippen LogP contribution in [0.3, 0.4) is 0 Å². The summed E-state index contributed by atoms with van der Waals surface area (Å²) in [5.74, 6) is -0.293. The molecule has 7 heteroatoms. The molecule has 178 valence electrons. The van der Waals surface area contributed by atoms with E-state index in [9.17, 15) is 14.4 Å². The molecule has 7 nitrogen and oxygen atoms in total. The Morgan fingerprint density at radius 2 is 1.74 bits per heavy atom. The first-order valence-electron chi connectivity index (χ1n) is 11.2. The average Bonchev–Trinajstić information content (AvgIpc) is 2.83. The number of carbonyl (C=O) groups excluding carboxylic acids is 2. The highest BCUT2D eigenvalue weighted by atomic mass is 16.6. The summed E-state index contributed by atoms with van der Waals surface area (Å²) in [4.78, 5) is 37.1. The van der Waals surface area contributed by atoms with Crippen molar-refractivity contribution >= 4 is 22.8 Å². The Hall–Kier alpha value is -4.39. The van der Waals surface area contributed by atoms with E-state index in [-0.39, 0.29) is 23.5 Å². The van der Waals surface area contributed by atoms with E-state index in [2.05, 4.69) is 5.32 Å². The van der Waals surface area contributed by atoms with Gasteiger partial charge in [0.25, 0.3) is 5.91 Å². The van der Waals surface area contributed by atoms with Gasteiger partial charge in [0.05, 0.1) is 0 Å². The van der Waals surface area contributed by atoms with Gasteiger partial charge in [0.1, 0.15) is 22.6 Å². The smallest absolute Gasteiger partial charge is 0.349 e. The molecule has 4 rings (SSSR count). The first kappa shape index (κ1) is 23.8. The number of amides is 1. The molecule has 1 heterocycles. The molecular weight excluding hydrogens is 446 g/mol. The highest BCUT2D eigenvalue weighted by Crippen LogP contribution is 2.22. The van der Waals surface area contributed by atoms with Crippen molar-refractivity contribution in [1.82, 2.24) is 5.32 Å². The van der Waals surface area contributed by atoms with Crippen molar-refractivity contribution in [1.29, 1.82) is 0 Å². The van der Waals surface area contributed by atoms with E-state index in [1.54, 1.807) is 18.2 Å². The molecule has 0 saturated carbocycles. The predicted molar refractivity (Wildman–Crippen MR) is 132 cm³/mol. The minimum atomic E-state index is -0.767. The minimum absolute atomic E-state index is 0.0859. The molecule has 35 heavy (non-hydrogen) atoms. The SMILES string of the molecule is Cc1ccc(OCC(=O)Oc2ccc3cc(C(=O)NCCc4ccccc4)c(=O)oc3c2)c(C)c1. The summed E-state index contributed by atoms with van der Waals surface area (Å²) in [6.07, 6.45) is 0.646. The summed E-state index contributed by atoms with van der Waals surface area (Å²) in [6.45, 7) is 3.99. The number of ether oxygens (including phenoxy) is 2. The second kappa shape index (κ2) is 10.7. The lowest BCUT2D eigenvalue weighted by atomic mass is 10.1. The van der Waals surface area contributed by atoms with Crippen LogP contribution in [-0.2, 0) is 11.2 Å². The maximum Gasteiger partial charge on any atom is 0.349 e. The number of rotatable bonds is 8. The molecule has 1 aromatic heterocycles. The zero-order valence-electron chi connectivity index (χ0n) is 19.5. The Morgan fingerprint density at radius 1 is 0.943 bits per heavy atom. The summed E-state index contributed by atoms with van der Waals surface area (Å²) in [6, 6.07) is 21.5. The van der Waals surface area contributed by atoms with Gasteiger partial charge in [-0.3, -0.25) is 4.79 Å². The van der Waals surface area contributed by atoms with Gasteiger partial charge in [-0.05, 0) is 55.7 Å². The van der Waals surface area contributed by atoms with Crippen LogP contribution in [0, 0.1) is 13.8 Å². The maximum absolute atomic E-state index is 12.5. The van der Waals surface area contributed by atoms with Gasteiger partial charge in [0, 0.05) is 18.0 Å². The monoisotopic (exact) mass is 471 g/mol. The molecule has 0 bridgehead atoms. The molecule has 0 radical (unpaired) electrons. The maximum atomic E-state index is 12.5. The highest BCUT2D eigenvalue weighted by molar-refractivity contribution is 5.96. The standard InChI is InChI=1S/C28H25NO6/c1-18-8-11-24(19(2)14-18)33-17-26(30)34-22-10-9-21-15-23(28(32)35-25(21)16-22)27(31)29-13-12-20-6-4-3-5-7-20/h3-11,14-16H,12-13,17H2,1-2H3,(H,29,31). The largest absolute Gasteiger partial charge is 0.482 e. The fourth-order valence-electron chi connectivity index (χ4n) is 3.63. The molecular formula is C28H25NO6. The quantitative estimate of drug-likeness (QED) is 0.233. The zero-order valence-corrected chi connectivity index (χ0v) is 19.5. The number of nitrogens with one attached hydrogen (secondary N) is 1. The van der Waals surface area contributed by atoms with Gasteiger partial charge in [-0.15, -0.1) is 0 Å². The normalized spacial score (nSPS) is 10.7. The molecule has 0 aliphatic carbocycles. The third-order valence-corrected chi connectivity index (χ3v) is 5.40. The van der Waals surface area contributed by atoms with Crippen LogP contribution in [0.15, 0.2) is 82.0 Å². The van der Waals surface area contributed by atoms with Crippen LogP contribution >= 0.6 is 0 Å². The number of carbonyl (C=O) groups is 2. The highest BCUT2D eigenvalue weighted by Gasteiger charge is 2.15. The number of hydrogen-bond acceptors (Lipinski definition) is 6. The number of benzene rings is 3. The summed E-state index contributed by atoms with van der Waals surface area (Å²) < 4.78 is 16.2. The Labute approximate surface area is 202 Å². The molecule has 0 aliphatic rings. The predicted octanol–water partition coefficient (Wildman–Crippen LogP) is 4.37. The van der Waals surface area contributed by atoms with E-state index in [0.717, 1.165) is 16.7 Å². The van der Waals surface area contributed by atoms with Crippen molar-refractivity contribution in [2.45, 2.75) is 20.3 Å². The van der Waals surface area contributed by atoms with Crippen molar-refractivity contribution in [2.24, 2.45) is 0 Å². The topological polar surface area (TPSA) is 94.8 Å². The van der Waals surface area contributed by atoms with E-state index in [1.807, 2.05) is 56.3 Å². The van der Waals surface area contributed by atoms with Gasteiger partial charge < -0.3 is 19.2 Å². The molecule has 1 amide bonds. The third kappa shape index (κ3) is 6.14. The average molecular weight is 472 g/mol. The van der Waals surface area contributed by atoms with E-state index >= 15 is 0 Å². The number of esters is 1. The van der Waals surface area contributed by atoms with Gasteiger partial charge >= 0.3 is 11.6 Å². The molecule has 0 saturated heterocycles. The van der Waals surface area contributed by atoms with Crippen LogP contribution in [0.2, 0.25) is 0 Å². The molecule has 0 aliphatic heterocycles. The summed E-state index contributed by atoms with van der Waals surface area (Å²) in [5.41, 5.74) is 2.46. The van der Waals surface area contributed by atoms with Crippen LogP contribution in [-0.4, -0.2) is 25.0 Å². The zero-order chi connectivity index (χ0) is 24.8. The summed E-state index contributed by atoms with van der Waals surface area (Å²) >= 11 is 0. The van der Waals surface area contributed by atoms with E-state index in [4.69, 9.17) is 13.9 Å². The first-order chi connectivity index (χ1) is 16.9. The third-order valence-electron chi connectivity index (χ3n) is 5.40. The molecule has 1 N–H and O–H groups in total. The van der Waals surface area contributed by atoms with Crippen LogP contribution < -0.4 is 20.4 Å². The lowest BCUT2D eigenvalue weighted by Gasteiger charge is -2.10. The Balaban J connectivity index is 1.38. The van der Waals surface area contributed by atoms with Gasteiger partial charge in [-0.1, -0.05) is 48.0 Å². The van der Waals surface area contributed by atoms with E-state index in [1.165, 1.54) is 12.1 Å². The first-order valence-corrected chi connectivity index (χ1v) is 11.2. The van der Waals surface area contributed by atoms with Gasteiger partial charge in [0.2, 0.25) is 0 Å². The van der Waals surface area contributed by atoms with E-state index < -0.39 is 17.5 Å². The Kier molecular flexibility index (Phi) is 7.26. The van der Waals surface area contributed by atoms with Crippen LogP contribution in [0.25, 0.3) is 11.0 Å². The van der Waals surface area contributed by atoms with Gasteiger partial charge in [0.15, 0.2) is 6.61 Å².